The number of methoxy groups -OCH3 is 1. The van der Waals surface area contributed by atoms with E-state index in [1.54, 1.807) is 14.0 Å². The first kappa shape index (κ1) is 20.0. The first-order valence-electron chi connectivity index (χ1n) is 10.8. The van der Waals surface area contributed by atoms with Crippen molar-refractivity contribution < 1.29 is 23.9 Å². The number of fused-ring (bicyclic) bond motifs is 5. The minimum absolute atomic E-state index is 0.0807. The van der Waals surface area contributed by atoms with Gasteiger partial charge in [0.05, 0.1) is 23.4 Å². The molecule has 0 bridgehead atoms. The topological polar surface area (TPSA) is 149 Å². The van der Waals surface area contributed by atoms with Crippen molar-refractivity contribution in [3.8, 4) is 0 Å². The number of nitrogens with two attached hydrogens (primary N) is 1. The van der Waals surface area contributed by atoms with Crippen molar-refractivity contribution in [1.82, 2.24) is 15.2 Å². The zero-order valence-corrected chi connectivity index (χ0v) is 18.1. The Morgan fingerprint density at radius 3 is 2.88 bits per heavy atom. The van der Waals surface area contributed by atoms with Gasteiger partial charge in [-0.05, 0) is 31.2 Å². The molecule has 3 aliphatic heterocycles. The van der Waals surface area contributed by atoms with Crippen LogP contribution >= 0.6 is 0 Å². The third-order valence-corrected chi connectivity index (χ3v) is 7.25. The lowest BCUT2D eigenvalue weighted by molar-refractivity contribution is -0.137. The number of Topliss-reactive ketones (excluding diaryl/α,β-unsaturated/α-hetero) is 2. The van der Waals surface area contributed by atoms with Gasteiger partial charge in [0.2, 0.25) is 11.6 Å². The highest BCUT2D eigenvalue weighted by Crippen LogP contribution is 2.55. The van der Waals surface area contributed by atoms with E-state index in [9.17, 15) is 14.4 Å². The van der Waals surface area contributed by atoms with E-state index in [2.05, 4.69) is 15.6 Å². The van der Waals surface area contributed by atoms with Gasteiger partial charge in [0.1, 0.15) is 6.61 Å². The molecule has 170 valence electrons. The molecule has 0 saturated carbocycles. The highest BCUT2D eigenvalue weighted by molar-refractivity contribution is 6.26. The molecule has 6 rings (SSSR count). The Labute approximate surface area is 188 Å². The number of ether oxygens (including phenoxy) is 2. The minimum atomic E-state index is -0.990. The van der Waals surface area contributed by atoms with Crippen molar-refractivity contribution in [3.05, 3.63) is 53.0 Å². The highest BCUT2D eigenvalue weighted by atomic mass is 16.6. The smallest absolute Gasteiger partial charge is 0.404 e. The maximum absolute atomic E-state index is 13.8. The number of anilines is 1. The summed E-state index contributed by atoms with van der Waals surface area (Å²) in [5.74, 6) is -1.21. The zero-order chi connectivity index (χ0) is 23.1. The molecule has 1 aromatic carbocycles. The molecule has 1 aliphatic carbocycles. The molecular weight excluding hydrogens is 426 g/mol. The van der Waals surface area contributed by atoms with E-state index in [-0.39, 0.29) is 36.0 Å². The van der Waals surface area contributed by atoms with Gasteiger partial charge in [-0.3, -0.25) is 9.59 Å². The number of hydrogen-bond acceptors (Lipinski definition) is 8. The Kier molecular flexibility index (Phi) is 4.06. The van der Waals surface area contributed by atoms with E-state index < -0.39 is 17.7 Å². The van der Waals surface area contributed by atoms with E-state index in [0.29, 0.717) is 29.1 Å². The molecule has 1 amide bonds. The molecule has 2 aromatic rings. The summed E-state index contributed by atoms with van der Waals surface area (Å²) in [4.78, 5) is 43.8. The Balaban J connectivity index is 1.41. The van der Waals surface area contributed by atoms with Crippen molar-refractivity contribution >= 4 is 34.3 Å². The maximum Gasteiger partial charge on any atom is 0.404 e. The average molecular weight is 449 g/mol. The molecule has 0 spiro atoms. The number of H-pyrrole nitrogens is 1. The van der Waals surface area contributed by atoms with Crippen molar-refractivity contribution in [1.29, 1.82) is 0 Å². The van der Waals surface area contributed by atoms with Crippen LogP contribution in [0.25, 0.3) is 10.9 Å². The number of ketones is 2. The second-order valence-corrected chi connectivity index (χ2v) is 8.83. The second-order valence-electron chi connectivity index (χ2n) is 8.83. The van der Waals surface area contributed by atoms with Gasteiger partial charge in [-0.15, -0.1) is 0 Å². The lowest BCUT2D eigenvalue weighted by atomic mass is 9.82. The fourth-order valence-electron chi connectivity index (χ4n) is 5.72. The van der Waals surface area contributed by atoms with E-state index in [1.807, 2.05) is 35.4 Å². The van der Waals surface area contributed by atoms with E-state index >= 15 is 0 Å². The summed E-state index contributed by atoms with van der Waals surface area (Å²) in [6, 6.07) is 7.65. The predicted molar refractivity (Wildman–Crippen MR) is 118 cm³/mol. The summed E-state index contributed by atoms with van der Waals surface area (Å²) < 4.78 is 11.1. The molecule has 10 nitrogen and oxygen atoms in total. The fourth-order valence-corrected chi connectivity index (χ4v) is 5.72. The predicted octanol–water partition coefficient (Wildman–Crippen LogP) is 0.984. The molecule has 0 radical (unpaired) electrons. The summed E-state index contributed by atoms with van der Waals surface area (Å²) >= 11 is 0. The molecule has 4 heterocycles. The van der Waals surface area contributed by atoms with E-state index in [0.717, 1.165) is 10.9 Å². The molecule has 3 unspecified atom stereocenters. The molecule has 2 saturated heterocycles. The van der Waals surface area contributed by atoms with E-state index in [4.69, 9.17) is 15.2 Å². The molecule has 5 N–H and O–H groups in total. The van der Waals surface area contributed by atoms with Gasteiger partial charge in [0.25, 0.3) is 0 Å². The molecule has 4 atom stereocenters. The van der Waals surface area contributed by atoms with Gasteiger partial charge >= 0.3 is 6.09 Å². The van der Waals surface area contributed by atoms with Crippen molar-refractivity contribution in [3.63, 3.8) is 0 Å². The standard InChI is InChI=1S/C23H23N5O5/c1-10-17(26-12-3-4-14-11(7-12)5-6-25-14)20(30)16-13(9-33-22(24)31)23(32-2)21-15(27-21)8-28(23)18(16)19(10)29/h3-7,13,15,21,25-27H,8-9H2,1-2H3,(H2,24,31)/t13?,15?,21?,23-/m1/s1. The Morgan fingerprint density at radius 1 is 1.30 bits per heavy atom. The lowest BCUT2D eigenvalue weighted by Crippen LogP contribution is -2.55. The number of aromatic amines is 1. The lowest BCUT2D eigenvalue weighted by Gasteiger charge is -2.39. The number of benzene rings is 1. The van der Waals surface area contributed by atoms with Gasteiger partial charge in [-0.25, -0.2) is 4.79 Å². The molecular formula is C23H23N5O5. The number of carbonyl (C=O) groups excluding carboxylic acids is 3. The zero-order valence-electron chi connectivity index (χ0n) is 18.1. The van der Waals surface area contributed by atoms with Gasteiger partial charge in [-0.2, -0.15) is 0 Å². The number of aromatic nitrogens is 1. The van der Waals surface area contributed by atoms with Gasteiger partial charge in [0.15, 0.2) is 5.72 Å². The van der Waals surface area contributed by atoms with Gasteiger partial charge in [0, 0.05) is 53.6 Å². The number of primary amides is 1. The molecule has 2 fully saturated rings. The molecule has 10 heteroatoms. The quantitative estimate of drug-likeness (QED) is 0.390. The number of allylic oxidation sites excluding steroid dienone is 2. The van der Waals surface area contributed by atoms with Crippen LogP contribution in [0.1, 0.15) is 6.92 Å². The third kappa shape index (κ3) is 2.58. The van der Waals surface area contributed by atoms with Gasteiger partial charge in [-0.1, -0.05) is 0 Å². The van der Waals surface area contributed by atoms with Crippen LogP contribution in [0.5, 0.6) is 0 Å². The third-order valence-electron chi connectivity index (χ3n) is 7.25. The van der Waals surface area contributed by atoms with Crippen molar-refractivity contribution in [2.75, 3.05) is 25.6 Å². The minimum Gasteiger partial charge on any atom is -0.449 e. The van der Waals surface area contributed by atoms with Crippen molar-refractivity contribution in [2.45, 2.75) is 24.7 Å². The number of nitrogens with zero attached hydrogens (tertiary/aromatic N) is 1. The SMILES string of the molecule is CO[C@@]12C(COC(N)=O)C3=C(C(=O)C(C)=C(Nc4ccc5[nH]ccc5c4)C3=O)N1CC1NC12. The van der Waals surface area contributed by atoms with Crippen LogP contribution in [0, 0.1) is 5.92 Å². The molecule has 4 aliphatic rings. The maximum atomic E-state index is 13.8. The van der Waals surface area contributed by atoms with Crippen LogP contribution in [-0.2, 0) is 19.1 Å². The number of nitrogens with one attached hydrogen (secondary N) is 3. The van der Waals surface area contributed by atoms with Crippen LogP contribution < -0.4 is 16.4 Å². The highest BCUT2D eigenvalue weighted by Gasteiger charge is 2.72. The number of hydrogen-bond donors (Lipinski definition) is 4. The monoisotopic (exact) mass is 449 g/mol. The fraction of sp³-hybridized carbons (Fsp3) is 0.348. The van der Waals surface area contributed by atoms with Crippen LogP contribution in [0.4, 0.5) is 10.5 Å². The number of piperazine rings is 1. The Hall–Kier alpha value is -3.63. The summed E-state index contributed by atoms with van der Waals surface area (Å²) in [6.07, 6.45) is 0.892. The van der Waals surface area contributed by atoms with E-state index in [1.165, 1.54) is 0 Å². The number of rotatable bonds is 5. The molecule has 1 aromatic heterocycles. The normalized spacial score (nSPS) is 30.0. The largest absolute Gasteiger partial charge is 0.449 e. The van der Waals surface area contributed by atoms with Crippen LogP contribution in [0.2, 0.25) is 0 Å². The number of amides is 1. The first-order chi connectivity index (χ1) is 15.9. The van der Waals surface area contributed by atoms with Crippen molar-refractivity contribution in [2.24, 2.45) is 11.7 Å². The van der Waals surface area contributed by atoms with Crippen LogP contribution in [0.15, 0.2) is 53.0 Å². The second kappa shape index (κ2) is 6.69. The van der Waals surface area contributed by atoms with Crippen LogP contribution in [-0.4, -0.2) is 65.6 Å². The Bertz CT molecular complexity index is 1310. The summed E-state index contributed by atoms with van der Waals surface area (Å²) in [5, 5.41) is 7.49. The number of carbonyl (C=O) groups is 3. The Morgan fingerprint density at radius 2 is 2.12 bits per heavy atom. The summed E-state index contributed by atoms with van der Waals surface area (Å²) in [6.45, 7) is 2.02. The van der Waals surface area contributed by atoms with Gasteiger partial charge < -0.3 is 35.7 Å². The summed E-state index contributed by atoms with van der Waals surface area (Å²) in [5.41, 5.74) is 7.08. The molecule has 33 heavy (non-hydrogen) atoms. The van der Waals surface area contributed by atoms with Crippen LogP contribution in [0.3, 0.4) is 0 Å². The average Bonchev–Trinajstić information content (AvgIpc) is 3.17. The first-order valence-corrected chi connectivity index (χ1v) is 10.8. The summed E-state index contributed by atoms with van der Waals surface area (Å²) in [7, 11) is 1.55.